The summed E-state index contributed by atoms with van der Waals surface area (Å²) >= 11 is 1.33. The molecule has 23 heavy (non-hydrogen) atoms. The van der Waals surface area contributed by atoms with Crippen molar-refractivity contribution < 1.29 is 19.4 Å². The van der Waals surface area contributed by atoms with Crippen LogP contribution < -0.4 is 10.1 Å². The van der Waals surface area contributed by atoms with Crippen LogP contribution in [0.5, 0.6) is 5.75 Å². The largest absolute Gasteiger partial charge is 0.486 e. The Labute approximate surface area is 139 Å². The number of hydrogen-bond acceptors (Lipinski definition) is 6. The molecular formula is C16H20N2O4S. The SMILES string of the molecule is Cc1nc(COc2ccccc2)sc1C(=O)NCCOCCO. The van der Waals surface area contributed by atoms with E-state index in [1.165, 1.54) is 11.3 Å². The third-order valence-electron chi connectivity index (χ3n) is 2.92. The molecule has 0 aliphatic carbocycles. The van der Waals surface area contributed by atoms with E-state index in [9.17, 15) is 4.79 Å². The molecule has 1 aromatic carbocycles. The van der Waals surface area contributed by atoms with Gasteiger partial charge in [0.05, 0.1) is 25.5 Å². The number of nitrogens with one attached hydrogen (secondary N) is 1. The lowest BCUT2D eigenvalue weighted by Gasteiger charge is -2.04. The molecule has 0 fully saturated rings. The average molecular weight is 336 g/mol. The van der Waals surface area contributed by atoms with Crippen LogP contribution in [0.15, 0.2) is 30.3 Å². The van der Waals surface area contributed by atoms with Gasteiger partial charge in [0.2, 0.25) is 0 Å². The Morgan fingerprint density at radius 2 is 2.09 bits per heavy atom. The maximum Gasteiger partial charge on any atom is 0.263 e. The van der Waals surface area contributed by atoms with Gasteiger partial charge in [-0.05, 0) is 19.1 Å². The number of carbonyl (C=O) groups excluding carboxylic acids is 1. The Hall–Kier alpha value is -1.96. The average Bonchev–Trinajstić information content (AvgIpc) is 2.94. The predicted molar refractivity (Wildman–Crippen MR) is 87.9 cm³/mol. The van der Waals surface area contributed by atoms with Crippen molar-refractivity contribution in [3.05, 3.63) is 45.9 Å². The van der Waals surface area contributed by atoms with Gasteiger partial charge in [0, 0.05) is 6.54 Å². The minimum absolute atomic E-state index is 0.0212. The first kappa shape index (κ1) is 17.4. The summed E-state index contributed by atoms with van der Waals surface area (Å²) < 4.78 is 10.7. The second kappa shape index (κ2) is 9.24. The Kier molecular flexibility index (Phi) is 6.99. The van der Waals surface area contributed by atoms with Crippen molar-refractivity contribution in [3.8, 4) is 5.75 Å². The summed E-state index contributed by atoms with van der Waals surface area (Å²) in [5.41, 5.74) is 0.690. The molecule has 0 atom stereocenters. The van der Waals surface area contributed by atoms with Crippen molar-refractivity contribution in [1.29, 1.82) is 0 Å². The number of aliphatic hydroxyl groups excluding tert-OH is 1. The molecule has 0 unspecified atom stereocenters. The van der Waals surface area contributed by atoms with Crippen LogP contribution in [0, 0.1) is 6.92 Å². The number of amides is 1. The summed E-state index contributed by atoms with van der Waals surface area (Å²) in [7, 11) is 0. The number of para-hydroxylation sites is 1. The van der Waals surface area contributed by atoms with Crippen LogP contribution in [0.4, 0.5) is 0 Å². The molecule has 0 aliphatic rings. The van der Waals surface area contributed by atoms with Crippen molar-refractivity contribution in [3.63, 3.8) is 0 Å². The van der Waals surface area contributed by atoms with Crippen LogP contribution in [0.3, 0.4) is 0 Å². The zero-order chi connectivity index (χ0) is 16.5. The van der Waals surface area contributed by atoms with E-state index in [0.29, 0.717) is 30.3 Å². The third-order valence-corrected chi connectivity index (χ3v) is 4.05. The Balaban J connectivity index is 1.83. The van der Waals surface area contributed by atoms with Gasteiger partial charge in [-0.2, -0.15) is 0 Å². The van der Waals surface area contributed by atoms with Gasteiger partial charge in [0.25, 0.3) is 5.91 Å². The van der Waals surface area contributed by atoms with Crippen LogP contribution in [-0.4, -0.2) is 42.4 Å². The number of thiazole rings is 1. The number of nitrogens with zero attached hydrogens (tertiary/aromatic N) is 1. The standard InChI is InChI=1S/C16H20N2O4S/c1-12-15(16(20)17-7-9-21-10-8-19)23-14(18-12)11-22-13-5-3-2-4-6-13/h2-6,19H,7-11H2,1H3,(H,17,20). The molecule has 0 radical (unpaired) electrons. The fraction of sp³-hybridized carbons (Fsp3) is 0.375. The van der Waals surface area contributed by atoms with Gasteiger partial charge in [-0.25, -0.2) is 4.98 Å². The quantitative estimate of drug-likeness (QED) is 0.682. The van der Waals surface area contributed by atoms with E-state index in [1.54, 1.807) is 6.92 Å². The van der Waals surface area contributed by atoms with E-state index >= 15 is 0 Å². The Morgan fingerprint density at radius 1 is 1.30 bits per heavy atom. The van der Waals surface area contributed by atoms with Crippen LogP contribution in [0.2, 0.25) is 0 Å². The molecule has 1 amide bonds. The normalized spacial score (nSPS) is 10.5. The molecule has 2 aromatic rings. The van der Waals surface area contributed by atoms with Crippen LogP contribution >= 0.6 is 11.3 Å². The summed E-state index contributed by atoms with van der Waals surface area (Å²) in [6.45, 7) is 3.16. The van der Waals surface area contributed by atoms with E-state index in [4.69, 9.17) is 14.6 Å². The summed E-state index contributed by atoms with van der Waals surface area (Å²) in [5, 5.41) is 12.1. The number of carbonyl (C=O) groups is 1. The Bertz CT molecular complexity index is 616. The molecule has 2 N–H and O–H groups in total. The van der Waals surface area contributed by atoms with E-state index in [0.717, 1.165) is 10.8 Å². The molecule has 124 valence electrons. The number of rotatable bonds is 9. The number of benzene rings is 1. The van der Waals surface area contributed by atoms with Crippen LogP contribution in [-0.2, 0) is 11.3 Å². The monoisotopic (exact) mass is 336 g/mol. The third kappa shape index (κ3) is 5.63. The molecular weight excluding hydrogens is 316 g/mol. The molecule has 7 heteroatoms. The molecule has 0 saturated carbocycles. The molecule has 1 aromatic heterocycles. The summed E-state index contributed by atoms with van der Waals surface area (Å²) in [6, 6.07) is 9.48. The van der Waals surface area contributed by atoms with E-state index in [-0.39, 0.29) is 19.1 Å². The first-order valence-electron chi connectivity index (χ1n) is 7.31. The van der Waals surface area contributed by atoms with Gasteiger partial charge in [-0.1, -0.05) is 18.2 Å². The molecule has 1 heterocycles. The van der Waals surface area contributed by atoms with E-state index in [2.05, 4.69) is 10.3 Å². The van der Waals surface area contributed by atoms with Crippen molar-refractivity contribution >= 4 is 17.2 Å². The van der Waals surface area contributed by atoms with Gasteiger partial charge in [-0.3, -0.25) is 4.79 Å². The summed E-state index contributed by atoms with van der Waals surface area (Å²) in [4.78, 5) is 17.1. The highest BCUT2D eigenvalue weighted by Gasteiger charge is 2.15. The van der Waals surface area contributed by atoms with Crippen molar-refractivity contribution in [2.45, 2.75) is 13.5 Å². The fourth-order valence-electron chi connectivity index (χ4n) is 1.87. The molecule has 0 bridgehead atoms. The number of aromatic nitrogens is 1. The second-order valence-corrected chi connectivity index (χ2v) is 5.80. The molecule has 2 rings (SSSR count). The topological polar surface area (TPSA) is 80.7 Å². The minimum Gasteiger partial charge on any atom is -0.486 e. The molecule has 0 saturated heterocycles. The number of aryl methyl sites for hydroxylation is 1. The number of ether oxygens (including phenoxy) is 2. The zero-order valence-electron chi connectivity index (χ0n) is 12.9. The van der Waals surface area contributed by atoms with Gasteiger partial charge in [-0.15, -0.1) is 11.3 Å². The predicted octanol–water partition coefficient (Wildman–Crippen LogP) is 1.77. The van der Waals surface area contributed by atoms with Crippen molar-refractivity contribution in [2.24, 2.45) is 0 Å². The van der Waals surface area contributed by atoms with Crippen LogP contribution in [0.1, 0.15) is 20.4 Å². The minimum atomic E-state index is -0.168. The lowest BCUT2D eigenvalue weighted by Crippen LogP contribution is -2.27. The highest BCUT2D eigenvalue weighted by atomic mass is 32.1. The maximum absolute atomic E-state index is 12.1. The lowest BCUT2D eigenvalue weighted by atomic mass is 10.3. The molecule has 6 nitrogen and oxygen atoms in total. The van der Waals surface area contributed by atoms with E-state index < -0.39 is 0 Å². The maximum atomic E-state index is 12.1. The van der Waals surface area contributed by atoms with Gasteiger partial charge in [0.15, 0.2) is 0 Å². The zero-order valence-corrected chi connectivity index (χ0v) is 13.8. The fourth-order valence-corrected chi connectivity index (χ4v) is 2.76. The van der Waals surface area contributed by atoms with Gasteiger partial charge in [0.1, 0.15) is 22.2 Å². The Morgan fingerprint density at radius 3 is 2.83 bits per heavy atom. The number of aliphatic hydroxyl groups is 1. The number of hydrogen-bond donors (Lipinski definition) is 2. The van der Waals surface area contributed by atoms with E-state index in [1.807, 2.05) is 30.3 Å². The second-order valence-electron chi connectivity index (χ2n) is 4.72. The molecule has 0 aliphatic heterocycles. The highest BCUT2D eigenvalue weighted by molar-refractivity contribution is 7.13. The summed E-state index contributed by atoms with van der Waals surface area (Å²) in [5.74, 6) is 0.603. The first-order valence-corrected chi connectivity index (χ1v) is 8.13. The van der Waals surface area contributed by atoms with Crippen LogP contribution in [0.25, 0.3) is 0 Å². The lowest BCUT2D eigenvalue weighted by molar-refractivity contribution is 0.0840. The highest BCUT2D eigenvalue weighted by Crippen LogP contribution is 2.20. The summed E-state index contributed by atoms with van der Waals surface area (Å²) in [6.07, 6.45) is 0. The van der Waals surface area contributed by atoms with Gasteiger partial charge >= 0.3 is 0 Å². The van der Waals surface area contributed by atoms with Crippen molar-refractivity contribution in [2.75, 3.05) is 26.4 Å². The van der Waals surface area contributed by atoms with Gasteiger partial charge < -0.3 is 19.9 Å². The van der Waals surface area contributed by atoms with Crippen molar-refractivity contribution in [1.82, 2.24) is 10.3 Å². The molecule has 0 spiro atoms. The first-order chi connectivity index (χ1) is 11.2. The smallest absolute Gasteiger partial charge is 0.263 e.